The number of thiazole rings is 1. The quantitative estimate of drug-likeness (QED) is 0.809. The third kappa shape index (κ3) is 2.33. The van der Waals surface area contributed by atoms with Crippen LogP contribution < -0.4 is 0 Å². The van der Waals surface area contributed by atoms with Crippen LogP contribution in [0.1, 0.15) is 31.5 Å². The largest absolute Gasteiger partial charge is 0.248 e. The Morgan fingerprint density at radius 3 is 2.14 bits per heavy atom. The van der Waals surface area contributed by atoms with Crippen LogP contribution in [0.3, 0.4) is 0 Å². The minimum atomic E-state index is -2.62. The highest BCUT2D eigenvalue weighted by Crippen LogP contribution is 2.31. The Kier molecular flexibility index (Phi) is 2.75. The number of hydrogen-bond acceptors (Lipinski definition) is 4. The summed E-state index contributed by atoms with van der Waals surface area (Å²) >= 11 is 1.40. The second-order valence-electron chi connectivity index (χ2n) is 4.49. The highest BCUT2D eigenvalue weighted by Gasteiger charge is 2.22. The van der Waals surface area contributed by atoms with Crippen LogP contribution in [0.25, 0.3) is 0 Å². The van der Waals surface area contributed by atoms with Crippen molar-refractivity contribution in [2.45, 2.75) is 37.3 Å². The molecule has 0 spiro atoms. The van der Waals surface area contributed by atoms with E-state index < -0.39 is 9.73 Å². The maximum Gasteiger partial charge on any atom is 0.122 e. The molecule has 1 heterocycles. The Morgan fingerprint density at radius 1 is 1.43 bits per heavy atom. The molecule has 0 saturated heterocycles. The second-order valence-corrected chi connectivity index (χ2v) is 7.84. The van der Waals surface area contributed by atoms with Gasteiger partial charge in [-0.15, -0.1) is 11.3 Å². The molecule has 0 saturated carbocycles. The molecular weight excluding hydrogens is 216 g/mol. The zero-order valence-corrected chi connectivity index (χ0v) is 10.8. The van der Waals surface area contributed by atoms with E-state index in [0.29, 0.717) is 4.21 Å². The van der Waals surface area contributed by atoms with Crippen molar-refractivity contribution in [3.63, 3.8) is 0 Å². The lowest BCUT2D eigenvalue weighted by Crippen LogP contribution is -2.10. The van der Waals surface area contributed by atoms with E-state index >= 15 is 0 Å². The van der Waals surface area contributed by atoms with Crippen molar-refractivity contribution < 1.29 is 4.21 Å². The first kappa shape index (κ1) is 11.7. The van der Waals surface area contributed by atoms with E-state index in [2.05, 4.69) is 25.8 Å². The molecule has 0 aliphatic carbocycles. The first-order valence-corrected chi connectivity index (χ1v) is 7.12. The Balaban J connectivity index is 3.33. The molecule has 14 heavy (non-hydrogen) atoms. The molecule has 80 valence electrons. The van der Waals surface area contributed by atoms with Crippen LogP contribution in [0, 0.1) is 11.7 Å². The monoisotopic (exact) mass is 232 g/mol. The molecule has 0 radical (unpaired) electrons. The molecule has 1 aromatic heterocycles. The van der Waals surface area contributed by atoms with E-state index in [4.69, 9.17) is 4.78 Å². The highest BCUT2D eigenvalue weighted by atomic mass is 32.2. The second kappa shape index (κ2) is 3.31. The van der Waals surface area contributed by atoms with E-state index in [1.165, 1.54) is 17.6 Å². The maximum atomic E-state index is 11.6. The summed E-state index contributed by atoms with van der Waals surface area (Å²) in [5.74, 6) is 0. The summed E-state index contributed by atoms with van der Waals surface area (Å²) in [6, 6.07) is 0. The number of nitrogens with zero attached hydrogens (tertiary/aromatic N) is 1. The Hall–Kier alpha value is -0.420. The summed E-state index contributed by atoms with van der Waals surface area (Å²) in [5.41, 5.74) is 0.709. The van der Waals surface area contributed by atoms with Crippen LogP contribution in [0.4, 0.5) is 0 Å². The minimum absolute atomic E-state index is 0.0294. The lowest BCUT2D eigenvalue weighted by molar-refractivity contribution is 0.584. The molecule has 0 bridgehead atoms. The average molecular weight is 232 g/mol. The van der Waals surface area contributed by atoms with Crippen LogP contribution in [0.15, 0.2) is 4.21 Å². The van der Waals surface area contributed by atoms with E-state index in [1.807, 2.05) is 6.92 Å². The zero-order chi connectivity index (χ0) is 11.1. The van der Waals surface area contributed by atoms with Gasteiger partial charge < -0.3 is 0 Å². The van der Waals surface area contributed by atoms with Gasteiger partial charge in [-0.2, -0.15) is 0 Å². The Labute approximate surface area is 89.5 Å². The van der Waals surface area contributed by atoms with Crippen molar-refractivity contribution in [1.82, 2.24) is 4.98 Å². The van der Waals surface area contributed by atoms with Gasteiger partial charge in [-0.25, -0.2) is 14.0 Å². The molecular formula is C9H16N2OS2. The smallest absolute Gasteiger partial charge is 0.122 e. The van der Waals surface area contributed by atoms with Crippen LogP contribution in [0.2, 0.25) is 0 Å². The topological polar surface area (TPSA) is 53.8 Å². The van der Waals surface area contributed by atoms with E-state index in [9.17, 15) is 4.21 Å². The molecule has 0 aliphatic heterocycles. The predicted molar refractivity (Wildman–Crippen MR) is 60.6 cm³/mol. The molecule has 5 heteroatoms. The summed E-state index contributed by atoms with van der Waals surface area (Å²) in [5, 5.41) is 0.951. The first-order chi connectivity index (χ1) is 6.12. The summed E-state index contributed by atoms with van der Waals surface area (Å²) < 4.78 is 19.7. The number of hydrogen-bond donors (Lipinski definition) is 1. The van der Waals surface area contributed by atoms with Crippen molar-refractivity contribution >= 4 is 21.1 Å². The molecule has 0 fully saturated rings. The lowest BCUT2D eigenvalue weighted by atomic mass is 9.98. The summed E-state index contributed by atoms with van der Waals surface area (Å²) in [6.45, 7) is 8.02. The minimum Gasteiger partial charge on any atom is -0.248 e. The SMILES string of the molecule is Cc1nc(C(C)(C)C)sc1S(C)(=N)=O. The van der Waals surface area contributed by atoms with Gasteiger partial charge in [-0.05, 0) is 6.92 Å². The standard InChI is InChI=1S/C9H16N2OS2/c1-6-7(14(5,10)12)13-8(11-6)9(2,3)4/h10H,1-5H3. The molecule has 1 unspecified atom stereocenters. The third-order valence-corrected chi connectivity index (χ3v) is 5.33. The van der Waals surface area contributed by atoms with Gasteiger partial charge in [-0.1, -0.05) is 20.8 Å². The van der Waals surface area contributed by atoms with E-state index in [1.54, 1.807) is 0 Å². The van der Waals surface area contributed by atoms with Crippen LogP contribution in [-0.2, 0) is 15.1 Å². The Bertz CT molecular complexity index is 438. The first-order valence-electron chi connectivity index (χ1n) is 4.34. The lowest BCUT2D eigenvalue weighted by Gasteiger charge is -2.13. The molecule has 1 atom stereocenters. The van der Waals surface area contributed by atoms with Gasteiger partial charge in [-0.3, -0.25) is 0 Å². The van der Waals surface area contributed by atoms with Crippen molar-refractivity contribution in [2.24, 2.45) is 0 Å². The number of rotatable bonds is 1. The molecule has 3 nitrogen and oxygen atoms in total. The fourth-order valence-corrected chi connectivity index (χ4v) is 3.40. The van der Waals surface area contributed by atoms with Crippen LogP contribution >= 0.6 is 11.3 Å². The highest BCUT2D eigenvalue weighted by molar-refractivity contribution is 7.93. The van der Waals surface area contributed by atoms with E-state index in [-0.39, 0.29) is 5.41 Å². The van der Waals surface area contributed by atoms with E-state index in [0.717, 1.165) is 10.7 Å². The third-order valence-electron chi connectivity index (χ3n) is 1.75. The molecule has 0 aliphatic rings. The number of aryl methyl sites for hydroxylation is 1. The van der Waals surface area contributed by atoms with Crippen molar-refractivity contribution in [3.05, 3.63) is 10.7 Å². The van der Waals surface area contributed by atoms with Crippen molar-refractivity contribution in [1.29, 1.82) is 4.78 Å². The average Bonchev–Trinajstić information content (AvgIpc) is 2.27. The van der Waals surface area contributed by atoms with Gasteiger partial charge in [0.2, 0.25) is 0 Å². The van der Waals surface area contributed by atoms with Gasteiger partial charge in [0.25, 0.3) is 0 Å². The Morgan fingerprint density at radius 2 is 1.93 bits per heavy atom. The summed E-state index contributed by atoms with van der Waals surface area (Å²) in [6.07, 6.45) is 1.44. The van der Waals surface area contributed by atoms with Gasteiger partial charge in [0.1, 0.15) is 4.21 Å². The molecule has 1 rings (SSSR count). The van der Waals surface area contributed by atoms with Crippen LogP contribution in [0.5, 0.6) is 0 Å². The number of aromatic nitrogens is 1. The fraction of sp³-hybridized carbons (Fsp3) is 0.667. The van der Waals surface area contributed by atoms with Crippen molar-refractivity contribution in [2.75, 3.05) is 6.26 Å². The fourth-order valence-electron chi connectivity index (χ4n) is 1.06. The molecule has 1 N–H and O–H groups in total. The van der Waals surface area contributed by atoms with Gasteiger partial charge in [0.05, 0.1) is 20.4 Å². The summed E-state index contributed by atoms with van der Waals surface area (Å²) in [4.78, 5) is 4.37. The van der Waals surface area contributed by atoms with Gasteiger partial charge in [0.15, 0.2) is 0 Å². The van der Waals surface area contributed by atoms with Crippen LogP contribution in [-0.4, -0.2) is 15.4 Å². The molecule has 1 aromatic rings. The van der Waals surface area contributed by atoms with Crippen molar-refractivity contribution in [3.8, 4) is 0 Å². The zero-order valence-electron chi connectivity index (χ0n) is 9.17. The number of nitrogens with one attached hydrogen (secondary N) is 1. The van der Waals surface area contributed by atoms with Gasteiger partial charge >= 0.3 is 0 Å². The predicted octanol–water partition coefficient (Wildman–Crippen LogP) is 2.78. The molecule has 0 amide bonds. The molecule has 0 aromatic carbocycles. The normalized spacial score (nSPS) is 16.6. The summed E-state index contributed by atoms with van der Waals surface area (Å²) in [7, 11) is -2.62. The maximum absolute atomic E-state index is 11.6. The van der Waals surface area contributed by atoms with Gasteiger partial charge in [0, 0.05) is 11.7 Å².